The molecule has 4 bridgehead atoms. The minimum Gasteiger partial charge on any atom is -0.497 e. The van der Waals surface area contributed by atoms with Crippen LogP contribution in [0, 0.1) is 13.8 Å². The molecular formula is C81H92N10O6. The molecule has 16 heteroatoms. The molecular weight excluding hydrogens is 1210 g/mol. The number of nitrogens with one attached hydrogen (secondary N) is 1. The van der Waals surface area contributed by atoms with E-state index in [-0.39, 0.29) is 28.6 Å². The maximum absolute atomic E-state index is 13.9. The first-order chi connectivity index (χ1) is 47.3. The zero-order valence-electron chi connectivity index (χ0n) is 56.7. The van der Waals surface area contributed by atoms with Crippen LogP contribution in [-0.4, -0.2) is 140 Å². The summed E-state index contributed by atoms with van der Waals surface area (Å²) in [4.78, 5) is 71.6. The summed E-state index contributed by atoms with van der Waals surface area (Å²) >= 11 is 0. The number of para-hydroxylation sites is 4. The molecule has 502 valence electrons. The van der Waals surface area contributed by atoms with Crippen LogP contribution < -0.4 is 20.5 Å². The average molecular weight is 1300 g/mol. The summed E-state index contributed by atoms with van der Waals surface area (Å²) in [6.07, 6.45) is 15.7. The van der Waals surface area contributed by atoms with Gasteiger partial charge in [-0.05, 0) is 212 Å². The Morgan fingerprint density at radius 2 is 0.907 bits per heavy atom. The van der Waals surface area contributed by atoms with E-state index < -0.39 is 5.91 Å². The molecule has 6 aliphatic heterocycles. The lowest BCUT2D eigenvalue weighted by Gasteiger charge is -2.45. The number of fused-ring (bicyclic) bond motifs is 6. The first-order valence-corrected chi connectivity index (χ1v) is 35.3. The number of piperidine rings is 4. The normalized spacial score (nSPS) is 22.0. The third-order valence-corrected chi connectivity index (χ3v) is 23.2. The lowest BCUT2D eigenvalue weighted by molar-refractivity contribution is 0.0598. The maximum Gasteiger partial charge on any atom is 0.253 e. The van der Waals surface area contributed by atoms with Crippen molar-refractivity contribution in [3.05, 3.63) is 227 Å². The molecule has 97 heavy (non-hydrogen) atoms. The Balaban J connectivity index is 0.000000171. The van der Waals surface area contributed by atoms with Crippen LogP contribution in [-0.2, 0) is 17.4 Å². The second-order valence-electron chi connectivity index (χ2n) is 28.3. The number of benzene rings is 7. The van der Waals surface area contributed by atoms with E-state index in [2.05, 4.69) is 147 Å². The van der Waals surface area contributed by atoms with E-state index in [9.17, 15) is 19.2 Å². The summed E-state index contributed by atoms with van der Waals surface area (Å²) in [5.41, 5.74) is 15.8. The number of hydrogen-bond donors (Lipinski definition) is 2. The van der Waals surface area contributed by atoms with Gasteiger partial charge in [0, 0.05) is 103 Å². The van der Waals surface area contributed by atoms with Crippen LogP contribution in [0.5, 0.6) is 11.5 Å². The molecule has 2 aromatic heterocycles. The van der Waals surface area contributed by atoms with Crippen molar-refractivity contribution < 1.29 is 28.7 Å². The van der Waals surface area contributed by atoms with E-state index in [0.29, 0.717) is 103 Å². The van der Waals surface area contributed by atoms with Gasteiger partial charge in [0.05, 0.1) is 36.3 Å². The highest BCUT2D eigenvalue weighted by molar-refractivity contribution is 6.00. The second-order valence-corrected chi connectivity index (χ2v) is 28.3. The average Bonchev–Trinajstić information content (AvgIpc) is 1.68. The first kappa shape index (κ1) is 65.2. The highest BCUT2D eigenvalue weighted by Gasteiger charge is 2.47. The van der Waals surface area contributed by atoms with E-state index in [1.54, 1.807) is 62.8 Å². The van der Waals surface area contributed by atoms with Gasteiger partial charge < -0.3 is 39.5 Å². The number of methoxy groups -OCH3 is 2. The molecule has 6 fully saturated rings. The van der Waals surface area contributed by atoms with Gasteiger partial charge in [0.2, 0.25) is 5.91 Å². The number of aryl methyl sites for hydroxylation is 2. The molecule has 6 atom stereocenters. The number of nitrogens with zero attached hydrogens (tertiary/aromatic N) is 8. The van der Waals surface area contributed by atoms with Gasteiger partial charge in [-0.3, -0.25) is 29.0 Å². The zero-order chi connectivity index (χ0) is 66.8. The number of hydrogen-bond acceptors (Lipinski definition) is 10. The molecule has 8 heterocycles. The Bertz CT molecular complexity index is 4270. The van der Waals surface area contributed by atoms with Crippen LogP contribution >= 0.6 is 0 Å². The number of amides is 4. The van der Waals surface area contributed by atoms with Crippen molar-refractivity contribution in [1.82, 2.24) is 44.0 Å². The molecule has 0 aliphatic carbocycles. The van der Waals surface area contributed by atoms with Crippen LogP contribution in [0.3, 0.4) is 0 Å². The predicted octanol–water partition coefficient (Wildman–Crippen LogP) is 13.6. The molecule has 7 aromatic carbocycles. The fourth-order valence-corrected chi connectivity index (χ4v) is 18.0. The molecule has 0 saturated carbocycles. The summed E-state index contributed by atoms with van der Waals surface area (Å²) in [5, 5.41) is 2.98. The Hall–Kier alpha value is -9.12. The van der Waals surface area contributed by atoms with Gasteiger partial charge >= 0.3 is 0 Å². The number of ether oxygens (including phenoxy) is 2. The Morgan fingerprint density at radius 3 is 1.35 bits per heavy atom. The summed E-state index contributed by atoms with van der Waals surface area (Å²) in [6, 6.07) is 61.8. The number of carbonyl (C=O) groups is 4. The lowest BCUT2D eigenvalue weighted by atomic mass is 9.70. The largest absolute Gasteiger partial charge is 0.497 e. The monoisotopic (exact) mass is 1300 g/mol. The number of imidazole rings is 2. The maximum atomic E-state index is 13.9. The minimum absolute atomic E-state index is 0.00964. The quantitative estimate of drug-likeness (QED) is 0.0842. The molecule has 9 aromatic rings. The molecule has 16 nitrogen and oxygen atoms in total. The molecule has 3 N–H and O–H groups in total. The topological polar surface area (TPSA) is 173 Å². The van der Waals surface area contributed by atoms with Gasteiger partial charge in [-0.25, -0.2) is 9.97 Å². The molecule has 0 spiro atoms. The van der Waals surface area contributed by atoms with Crippen molar-refractivity contribution in [2.75, 3.05) is 53.5 Å². The van der Waals surface area contributed by atoms with Crippen molar-refractivity contribution >= 4 is 45.7 Å². The van der Waals surface area contributed by atoms with Crippen molar-refractivity contribution in [3.8, 4) is 11.5 Å². The number of nitrogens with two attached hydrogens (primary N) is 1. The SMILES string of the molecule is COc1ccc(CNC(=O)c2cccc(C(=O)N3CCC(CCN4[C@@H]5CC[C@H]4CC(n4c(C)nc6ccccc64)C5)(c4ccccc4)CC3)c2)c(OC)c1.Cc1nc2ccccc2n1C1C[C@H]2CC[C@@H](C1)N2CCC1(c2ccccc2)CCN(C(=O)c2cccc(C(N)=O)c2)CC1. The minimum atomic E-state index is -0.511. The number of likely N-dealkylation sites (tertiary alicyclic amines) is 2. The van der Waals surface area contributed by atoms with Crippen LogP contribution in [0.1, 0.15) is 172 Å². The van der Waals surface area contributed by atoms with E-state index in [4.69, 9.17) is 25.2 Å². The van der Waals surface area contributed by atoms with Gasteiger partial charge in [0.1, 0.15) is 23.1 Å². The number of carbonyl (C=O) groups excluding carboxylic acids is 4. The number of primary amides is 1. The third-order valence-electron chi connectivity index (χ3n) is 23.2. The highest BCUT2D eigenvalue weighted by atomic mass is 16.5. The molecule has 6 saturated heterocycles. The van der Waals surface area contributed by atoms with Gasteiger partial charge in [0.15, 0.2) is 0 Å². The Morgan fingerprint density at radius 1 is 0.485 bits per heavy atom. The van der Waals surface area contributed by atoms with Crippen molar-refractivity contribution in [2.45, 2.75) is 157 Å². The predicted molar refractivity (Wildman–Crippen MR) is 380 cm³/mol. The van der Waals surface area contributed by atoms with Gasteiger partial charge in [-0.15, -0.1) is 0 Å². The Labute approximate surface area is 570 Å². The molecule has 15 rings (SSSR count). The third kappa shape index (κ3) is 13.3. The summed E-state index contributed by atoms with van der Waals surface area (Å²) in [5.74, 6) is 2.78. The highest BCUT2D eigenvalue weighted by Crippen LogP contribution is 2.48. The fourth-order valence-electron chi connectivity index (χ4n) is 18.0. The van der Waals surface area contributed by atoms with Crippen LogP contribution in [0.25, 0.3) is 22.1 Å². The number of aromatic nitrogens is 4. The smallest absolute Gasteiger partial charge is 0.253 e. The van der Waals surface area contributed by atoms with Crippen molar-refractivity contribution in [2.24, 2.45) is 5.73 Å². The van der Waals surface area contributed by atoms with E-state index in [1.165, 1.54) is 73.5 Å². The summed E-state index contributed by atoms with van der Waals surface area (Å²) in [6.45, 7) is 9.55. The summed E-state index contributed by atoms with van der Waals surface area (Å²) in [7, 11) is 3.20. The molecule has 2 unspecified atom stereocenters. The zero-order valence-corrected chi connectivity index (χ0v) is 56.7. The van der Waals surface area contributed by atoms with E-state index in [1.807, 2.05) is 28.0 Å². The molecule has 4 amide bonds. The first-order valence-electron chi connectivity index (χ1n) is 35.3. The van der Waals surface area contributed by atoms with E-state index in [0.717, 1.165) is 79.9 Å². The fraction of sp³-hybridized carbons (Fsp3) is 0.407. The standard InChI is InChI=1S/C45H51N5O4.C36H41N5O2/c1-31-47-40-14-7-8-15-41(40)50(31)38-27-36-17-18-37(28-38)49(36)25-22-45(35-12-5-4-6-13-35)20-23-48(24-21-45)44(52)33-11-9-10-32(26-33)43(51)46-30-34-16-19-39(53-2)29-42(34)54-3;1-25-38-32-12-5-6-13-33(32)41(25)31-23-29-14-15-30(24-31)40(29)21-18-36(28-10-3-2-4-11-28)16-19-39(20-17-36)35(43)27-9-7-8-26(22-27)34(37)42/h4-16,19,26,29,36-38H,17-18,20-25,27-28,30H2,1-3H3,(H,46,51);2-13,22,29-31H,14-21,23-24H2,1H3,(H2,37,42)/t36-,37+,38?;29-,30+,31?. The van der Waals surface area contributed by atoms with Crippen molar-refractivity contribution in [1.29, 1.82) is 0 Å². The Kier molecular flexibility index (Phi) is 18.9. The lowest BCUT2D eigenvalue weighted by Crippen LogP contribution is -2.49. The van der Waals surface area contributed by atoms with E-state index >= 15 is 0 Å². The van der Waals surface area contributed by atoms with Gasteiger partial charge in [0.25, 0.3) is 17.7 Å². The van der Waals surface area contributed by atoms with Crippen molar-refractivity contribution in [3.63, 3.8) is 0 Å². The van der Waals surface area contributed by atoms with Crippen LogP contribution in [0.4, 0.5) is 0 Å². The number of rotatable bonds is 18. The van der Waals surface area contributed by atoms with Gasteiger partial charge in [-0.1, -0.05) is 97.1 Å². The summed E-state index contributed by atoms with van der Waals surface area (Å²) < 4.78 is 15.8. The van der Waals surface area contributed by atoms with Crippen LogP contribution in [0.15, 0.2) is 176 Å². The van der Waals surface area contributed by atoms with Gasteiger partial charge in [-0.2, -0.15) is 0 Å². The molecule has 0 radical (unpaired) electrons. The van der Waals surface area contributed by atoms with Crippen LogP contribution in [0.2, 0.25) is 0 Å². The second kappa shape index (κ2) is 28.1. The molecule has 6 aliphatic rings.